The van der Waals surface area contributed by atoms with Crippen molar-refractivity contribution in [2.45, 2.75) is 31.8 Å². The molecule has 4 rings (SSSR count). The molecule has 0 spiro atoms. The Morgan fingerprint density at radius 2 is 2.23 bits per heavy atom. The molecule has 3 aromatic heterocycles. The summed E-state index contributed by atoms with van der Waals surface area (Å²) in [6.45, 7) is 3.33. The molecular formula is C20H23ClFN7O. The van der Waals surface area contributed by atoms with Gasteiger partial charge < -0.3 is 15.6 Å². The Balaban J connectivity index is 1.56. The number of anilines is 1. The fraction of sp³-hybridized carbons (Fsp3) is 0.400. The zero-order valence-corrected chi connectivity index (χ0v) is 17.5. The third-order valence-corrected chi connectivity index (χ3v) is 5.66. The van der Waals surface area contributed by atoms with E-state index >= 15 is 0 Å². The molecule has 1 unspecified atom stereocenters. The quantitative estimate of drug-likeness (QED) is 0.574. The molecule has 0 saturated carbocycles. The summed E-state index contributed by atoms with van der Waals surface area (Å²) in [6, 6.07) is 1.51. The summed E-state index contributed by atoms with van der Waals surface area (Å²) in [4.78, 5) is 29.9. The molecular weight excluding hydrogens is 409 g/mol. The number of carbonyl (C=O) groups excluding carboxylic acids is 1. The number of aromatic amines is 1. The minimum Gasteiger partial charge on any atom is -0.363 e. The van der Waals surface area contributed by atoms with Crippen molar-refractivity contribution in [1.29, 1.82) is 0 Å². The van der Waals surface area contributed by atoms with Gasteiger partial charge in [-0.25, -0.2) is 19.3 Å². The van der Waals surface area contributed by atoms with Crippen LogP contribution in [0.15, 0.2) is 24.7 Å². The van der Waals surface area contributed by atoms with Crippen LogP contribution in [0.2, 0.25) is 5.02 Å². The topological polar surface area (TPSA) is 98.8 Å². The predicted octanol–water partition coefficient (Wildman–Crippen LogP) is 2.82. The molecule has 4 heterocycles. The predicted molar refractivity (Wildman–Crippen MR) is 114 cm³/mol. The molecule has 1 aliphatic rings. The van der Waals surface area contributed by atoms with Crippen LogP contribution in [-0.2, 0) is 4.79 Å². The van der Waals surface area contributed by atoms with Crippen LogP contribution in [-0.4, -0.2) is 63.0 Å². The van der Waals surface area contributed by atoms with E-state index < -0.39 is 5.82 Å². The fourth-order valence-electron chi connectivity index (χ4n) is 3.81. The summed E-state index contributed by atoms with van der Waals surface area (Å²) < 4.78 is 14.5. The van der Waals surface area contributed by atoms with Crippen molar-refractivity contribution >= 4 is 34.4 Å². The van der Waals surface area contributed by atoms with Crippen molar-refractivity contribution in [2.75, 3.05) is 25.5 Å². The number of amides is 1. The summed E-state index contributed by atoms with van der Waals surface area (Å²) in [5, 5.41) is 7.14. The molecule has 0 bridgehead atoms. The van der Waals surface area contributed by atoms with E-state index in [4.69, 9.17) is 11.6 Å². The molecule has 0 radical (unpaired) electrons. The number of pyridine rings is 1. The Morgan fingerprint density at radius 1 is 1.40 bits per heavy atom. The number of halogens is 2. The highest BCUT2D eigenvalue weighted by atomic mass is 35.5. The number of hydrogen-bond donors (Lipinski definition) is 3. The molecule has 30 heavy (non-hydrogen) atoms. The number of nitrogens with one attached hydrogen (secondary N) is 3. The second-order valence-corrected chi connectivity index (χ2v) is 7.85. The Morgan fingerprint density at radius 3 is 3.03 bits per heavy atom. The minimum absolute atomic E-state index is 0.0258. The van der Waals surface area contributed by atoms with Gasteiger partial charge in [-0.15, -0.1) is 0 Å². The first kappa shape index (κ1) is 20.5. The van der Waals surface area contributed by atoms with E-state index in [-0.39, 0.29) is 23.8 Å². The summed E-state index contributed by atoms with van der Waals surface area (Å²) in [6.07, 6.45) is 6.22. The van der Waals surface area contributed by atoms with Crippen LogP contribution in [0.25, 0.3) is 22.4 Å². The van der Waals surface area contributed by atoms with E-state index in [9.17, 15) is 9.18 Å². The maximum atomic E-state index is 14.5. The highest BCUT2D eigenvalue weighted by Gasteiger charge is 2.27. The maximum Gasteiger partial charge on any atom is 0.236 e. The van der Waals surface area contributed by atoms with Gasteiger partial charge in [0.1, 0.15) is 5.65 Å². The number of aromatic nitrogens is 4. The van der Waals surface area contributed by atoms with Crippen LogP contribution in [0.5, 0.6) is 0 Å². The van der Waals surface area contributed by atoms with E-state index in [1.165, 1.54) is 0 Å². The van der Waals surface area contributed by atoms with Crippen molar-refractivity contribution in [2.24, 2.45) is 0 Å². The zero-order chi connectivity index (χ0) is 21.3. The fourth-order valence-corrected chi connectivity index (χ4v) is 3.96. The first-order chi connectivity index (χ1) is 14.5. The van der Waals surface area contributed by atoms with Gasteiger partial charge in [-0.3, -0.25) is 9.69 Å². The highest BCUT2D eigenvalue weighted by molar-refractivity contribution is 6.31. The molecule has 3 N–H and O–H groups in total. The number of carbonyl (C=O) groups is 1. The number of hydrogen-bond acceptors (Lipinski definition) is 6. The van der Waals surface area contributed by atoms with Crippen molar-refractivity contribution in [3.63, 3.8) is 0 Å². The van der Waals surface area contributed by atoms with E-state index in [1.54, 1.807) is 25.5 Å². The molecule has 1 amide bonds. The van der Waals surface area contributed by atoms with Crippen LogP contribution in [0.4, 0.5) is 10.2 Å². The monoisotopic (exact) mass is 431 g/mol. The highest BCUT2D eigenvalue weighted by Crippen LogP contribution is 2.28. The van der Waals surface area contributed by atoms with Gasteiger partial charge in [-0.2, -0.15) is 0 Å². The second-order valence-electron chi connectivity index (χ2n) is 7.41. The number of fused-ring (bicyclic) bond motifs is 1. The van der Waals surface area contributed by atoms with E-state index in [0.29, 0.717) is 28.6 Å². The molecule has 1 saturated heterocycles. The average molecular weight is 432 g/mol. The molecule has 0 aromatic carbocycles. The van der Waals surface area contributed by atoms with Gasteiger partial charge in [-0.1, -0.05) is 11.6 Å². The number of likely N-dealkylation sites (N-methyl/N-ethyl adjacent to an activating group) is 1. The molecule has 3 aromatic rings. The summed E-state index contributed by atoms with van der Waals surface area (Å²) >= 11 is 6.07. The number of likely N-dealkylation sites (tertiary alicyclic amines) is 1. The second kappa shape index (κ2) is 8.53. The van der Waals surface area contributed by atoms with Crippen molar-refractivity contribution < 1.29 is 9.18 Å². The first-order valence-electron chi connectivity index (χ1n) is 9.84. The van der Waals surface area contributed by atoms with E-state index in [2.05, 4.69) is 35.5 Å². The van der Waals surface area contributed by atoms with Crippen LogP contribution >= 0.6 is 11.6 Å². The normalized spacial score (nSPS) is 18.3. The van der Waals surface area contributed by atoms with Crippen molar-refractivity contribution in [3.05, 3.63) is 35.5 Å². The lowest BCUT2D eigenvalue weighted by Gasteiger charge is -2.36. The first-order valence-corrected chi connectivity index (χ1v) is 10.2. The summed E-state index contributed by atoms with van der Waals surface area (Å²) in [7, 11) is 1.63. The van der Waals surface area contributed by atoms with Gasteiger partial charge in [0.15, 0.2) is 17.5 Å². The van der Waals surface area contributed by atoms with Crippen LogP contribution in [0, 0.1) is 5.82 Å². The smallest absolute Gasteiger partial charge is 0.236 e. The SMILES string of the molecule is CNC(=O)C(C)N1CCC[C@H](Nc2nc(-c3c[nH]c4ncc(Cl)cc34)ncc2F)C1. The molecule has 1 fully saturated rings. The minimum atomic E-state index is -0.522. The number of rotatable bonds is 5. The van der Waals surface area contributed by atoms with Gasteiger partial charge in [0.05, 0.1) is 17.3 Å². The third-order valence-electron chi connectivity index (χ3n) is 5.45. The lowest BCUT2D eigenvalue weighted by atomic mass is 10.0. The number of piperidine rings is 1. The molecule has 158 valence electrons. The van der Waals surface area contributed by atoms with Gasteiger partial charge in [-0.05, 0) is 32.4 Å². The van der Waals surface area contributed by atoms with Crippen molar-refractivity contribution in [1.82, 2.24) is 30.2 Å². The Labute approximate surface area is 178 Å². The largest absolute Gasteiger partial charge is 0.363 e. The number of nitrogens with zero attached hydrogens (tertiary/aromatic N) is 4. The maximum absolute atomic E-state index is 14.5. The van der Waals surface area contributed by atoms with E-state index in [1.807, 2.05) is 6.92 Å². The number of H-pyrrole nitrogens is 1. The third kappa shape index (κ3) is 4.08. The lowest BCUT2D eigenvalue weighted by molar-refractivity contribution is -0.125. The lowest BCUT2D eigenvalue weighted by Crippen LogP contribution is -2.51. The van der Waals surface area contributed by atoms with Crippen molar-refractivity contribution in [3.8, 4) is 11.4 Å². The van der Waals surface area contributed by atoms with Crippen LogP contribution < -0.4 is 10.6 Å². The molecule has 10 heteroatoms. The average Bonchev–Trinajstić information content (AvgIpc) is 3.17. The summed E-state index contributed by atoms with van der Waals surface area (Å²) in [5.41, 5.74) is 1.35. The summed E-state index contributed by atoms with van der Waals surface area (Å²) in [5.74, 6) is -0.0339. The zero-order valence-electron chi connectivity index (χ0n) is 16.7. The van der Waals surface area contributed by atoms with Crippen LogP contribution in [0.3, 0.4) is 0 Å². The van der Waals surface area contributed by atoms with Gasteiger partial charge >= 0.3 is 0 Å². The molecule has 2 atom stereocenters. The van der Waals surface area contributed by atoms with Gasteiger partial charge in [0.2, 0.25) is 5.91 Å². The van der Waals surface area contributed by atoms with Crippen LogP contribution in [0.1, 0.15) is 19.8 Å². The Hall–Kier alpha value is -2.78. The molecule has 8 nitrogen and oxygen atoms in total. The van der Waals surface area contributed by atoms with Gasteiger partial charge in [0, 0.05) is 43.0 Å². The Kier molecular flexibility index (Phi) is 5.83. The molecule has 0 aliphatic carbocycles. The van der Waals surface area contributed by atoms with E-state index in [0.717, 1.165) is 31.0 Å². The molecule has 1 aliphatic heterocycles. The standard InChI is InChI=1S/C20H23ClFN7O/c1-11(20(30)23-2)29-5-3-4-13(10-29)27-19-16(22)9-26-18(28-19)15-8-25-17-14(15)6-12(21)7-24-17/h6-9,11,13H,3-5,10H2,1-2H3,(H,23,30)(H,24,25)(H,26,27,28)/t11?,13-/m0/s1. The van der Waals surface area contributed by atoms with Gasteiger partial charge in [0.25, 0.3) is 0 Å². The Bertz CT molecular complexity index is 1070.